The molecular weight excluding hydrogens is 879 g/mol. The SMILES string of the molecule is ClP1(Cl)=NP(Cl)(Cl)=NP(Cl)(Cl)=N1.Nc1ccccc1N.c1ccc2c(c1)CP1(=NP3(=NP4(=N1)Nc1ccccc1N4)Cc1ccccc1N3)N2. The van der Waals surface area contributed by atoms with Crippen LogP contribution in [-0.2, 0) is 12.3 Å². The first-order valence-corrected chi connectivity index (χ1v) is 30.5. The number of para-hydroxylation sites is 6. The summed E-state index contributed by atoms with van der Waals surface area (Å²) in [6.07, 6.45) is 1.69. The number of nitrogens with two attached hydrogens (primary N) is 2. The molecule has 0 aromatic heterocycles. The number of hydrogen-bond acceptors (Lipinski definition) is 12. The Kier molecular flexibility index (Phi) is 10.3. The Labute approximate surface area is 318 Å². The minimum absolute atomic E-state index is 0.646. The Balaban J connectivity index is 0.000000161. The van der Waals surface area contributed by atoms with Crippen LogP contribution in [0.2, 0.25) is 0 Å². The molecule has 4 aromatic carbocycles. The third-order valence-corrected chi connectivity index (χ3v) is 30.5. The van der Waals surface area contributed by atoms with Gasteiger partial charge in [-0.25, -0.2) is 4.52 Å². The molecule has 3 spiro atoms. The number of nitrogens with zero attached hydrogens (tertiary/aromatic N) is 6. The van der Waals surface area contributed by atoms with E-state index in [0.29, 0.717) is 11.4 Å². The van der Waals surface area contributed by atoms with Crippen molar-refractivity contribution < 1.29 is 0 Å². The van der Waals surface area contributed by atoms with Gasteiger partial charge in [0.15, 0.2) is 14.7 Å². The van der Waals surface area contributed by atoms with Gasteiger partial charge in [-0.1, -0.05) is 60.7 Å². The highest BCUT2D eigenvalue weighted by atomic mass is 35.9. The zero-order chi connectivity index (χ0) is 35.4. The zero-order valence-corrected chi connectivity index (χ0v) is 35.3. The van der Waals surface area contributed by atoms with Crippen molar-refractivity contribution in [1.29, 1.82) is 0 Å². The fraction of sp³-hybridized carbons (Fsp3) is 0.0769. The van der Waals surface area contributed by atoms with E-state index in [1.54, 1.807) is 12.1 Å². The molecule has 24 heteroatoms. The molecule has 5 aliphatic heterocycles. The first-order valence-electron chi connectivity index (χ1n) is 14.5. The van der Waals surface area contributed by atoms with Gasteiger partial charge in [-0.15, -0.1) is 0 Å². The first kappa shape index (κ1) is 37.1. The normalized spacial score (nSPS) is 25.4. The summed E-state index contributed by atoms with van der Waals surface area (Å²) >= 11 is 33.9. The van der Waals surface area contributed by atoms with Gasteiger partial charge in [-0.05, 0) is 115 Å². The predicted octanol–water partition coefficient (Wildman–Crippen LogP) is 15.9. The van der Waals surface area contributed by atoms with Gasteiger partial charge in [-0.3, -0.25) is 0 Å². The molecule has 2 atom stereocenters. The van der Waals surface area contributed by atoms with Gasteiger partial charge >= 0.3 is 0 Å². The molecule has 8 N–H and O–H groups in total. The van der Waals surface area contributed by atoms with E-state index < -0.39 is 39.9 Å². The Morgan fingerprint density at radius 2 is 0.780 bits per heavy atom. The van der Waals surface area contributed by atoms with Gasteiger partial charge in [-0.2, -0.15) is 22.6 Å². The monoisotopic (exact) mass is 904 g/mol. The lowest BCUT2D eigenvalue weighted by Crippen LogP contribution is -2.03. The molecule has 5 aliphatic rings. The fourth-order valence-corrected chi connectivity index (χ4v) is 37.5. The van der Waals surface area contributed by atoms with Crippen LogP contribution in [0.15, 0.2) is 124 Å². The minimum Gasteiger partial charge on any atom is -0.397 e. The summed E-state index contributed by atoms with van der Waals surface area (Å²) in [5, 5.41) is 14.9. The van der Waals surface area contributed by atoms with E-state index in [0.717, 1.165) is 35.1 Å². The molecule has 264 valence electrons. The van der Waals surface area contributed by atoms with Crippen LogP contribution in [0, 0.1) is 0 Å². The summed E-state index contributed by atoms with van der Waals surface area (Å²) in [6.45, 7) is 0. The maximum Gasteiger partial charge on any atom is 0.265 e. The second kappa shape index (κ2) is 13.9. The van der Waals surface area contributed by atoms with E-state index in [1.807, 2.05) is 24.3 Å². The summed E-state index contributed by atoms with van der Waals surface area (Å²) in [6, 6.07) is 32.5. The summed E-state index contributed by atoms with van der Waals surface area (Å²) in [7, 11) is -6.76. The van der Waals surface area contributed by atoms with Gasteiger partial charge in [0, 0.05) is 23.7 Å². The van der Waals surface area contributed by atoms with E-state index in [4.69, 9.17) is 92.5 Å². The van der Waals surface area contributed by atoms with Crippen molar-refractivity contribution in [3.8, 4) is 0 Å². The van der Waals surface area contributed by atoms with Crippen LogP contribution in [0.5, 0.6) is 0 Å². The molecule has 4 aromatic rings. The summed E-state index contributed by atoms with van der Waals surface area (Å²) in [4.78, 5) is 0. The van der Waals surface area contributed by atoms with Crippen molar-refractivity contribution in [2.24, 2.45) is 27.1 Å². The molecule has 0 aliphatic carbocycles. The van der Waals surface area contributed by atoms with Gasteiger partial charge in [0.05, 0.1) is 22.7 Å². The largest absolute Gasteiger partial charge is 0.397 e. The second-order valence-electron chi connectivity index (χ2n) is 11.2. The van der Waals surface area contributed by atoms with Crippen molar-refractivity contribution in [1.82, 2.24) is 0 Å². The topological polar surface area (TPSA) is 174 Å². The van der Waals surface area contributed by atoms with E-state index in [1.165, 1.54) is 11.1 Å². The maximum absolute atomic E-state index is 5.64. The Hall–Kier alpha value is -1.20. The van der Waals surface area contributed by atoms with Crippen molar-refractivity contribution in [3.63, 3.8) is 0 Å². The number of anilines is 6. The van der Waals surface area contributed by atoms with Crippen LogP contribution in [0.3, 0.4) is 0 Å². The van der Waals surface area contributed by atoms with Gasteiger partial charge in [0.1, 0.15) is 0 Å². The van der Waals surface area contributed by atoms with Crippen molar-refractivity contribution >= 4 is 142 Å². The molecule has 0 radical (unpaired) electrons. The third kappa shape index (κ3) is 8.29. The average molecular weight is 907 g/mol. The quantitative estimate of drug-likeness (QED) is 0.0756. The molecule has 0 saturated carbocycles. The van der Waals surface area contributed by atoms with Crippen LogP contribution in [-0.4, -0.2) is 0 Å². The third-order valence-electron chi connectivity index (χ3n) is 7.39. The van der Waals surface area contributed by atoms with Crippen molar-refractivity contribution in [2.45, 2.75) is 12.3 Å². The highest BCUT2D eigenvalue weighted by molar-refractivity contribution is 8.26. The molecular formula is C26H28Cl6N12P6. The molecule has 0 bridgehead atoms. The van der Waals surface area contributed by atoms with E-state index in [-0.39, 0.29) is 0 Å². The number of nitrogen functional groups attached to an aromatic ring is 2. The lowest BCUT2D eigenvalue weighted by molar-refractivity contribution is 1.40. The molecule has 0 saturated heterocycles. The minimum atomic E-state index is -2.91. The summed E-state index contributed by atoms with van der Waals surface area (Å²) < 4.78 is 27.2. The summed E-state index contributed by atoms with van der Waals surface area (Å²) in [5.74, 6) is -8.72. The Morgan fingerprint density at radius 1 is 0.420 bits per heavy atom. The highest BCUT2D eigenvalue weighted by Crippen LogP contribution is 2.88. The maximum atomic E-state index is 5.64. The average Bonchev–Trinajstić information content (AvgIpc) is 3.65. The lowest BCUT2D eigenvalue weighted by atomic mass is 10.2. The molecule has 0 fully saturated rings. The van der Waals surface area contributed by atoms with Gasteiger partial charge in [0.25, 0.3) is 25.2 Å². The number of hydrogen-bond donors (Lipinski definition) is 6. The zero-order valence-electron chi connectivity index (χ0n) is 25.4. The second-order valence-corrected chi connectivity index (χ2v) is 33.9. The van der Waals surface area contributed by atoms with E-state index >= 15 is 0 Å². The number of fused-ring (bicyclic) bond motifs is 3. The Bertz CT molecular complexity index is 2020. The standard InChI is InChI=1S/C20H20N7P3.C6H8N2.Cl6N3P3/c1-3-9-17-15(7-1)13-28(21-17)25-29(14-16-8-2-4-10-18(16)22-29)27-30(26-28)23-19-11-5-6-12-20(19)24-30;7-5-3-1-2-4-6(5)8;1-10(2)7-11(3,4)9-12(5,6)8-10/h1-12,21-24H,13-14H2;1-4H,7-8H2;. The lowest BCUT2D eigenvalue weighted by Gasteiger charge is -2.31. The smallest absolute Gasteiger partial charge is 0.265 e. The molecule has 9 rings (SSSR count). The van der Waals surface area contributed by atoms with Crippen molar-refractivity contribution in [2.75, 3.05) is 31.8 Å². The van der Waals surface area contributed by atoms with Crippen molar-refractivity contribution in [3.05, 3.63) is 108 Å². The first-order chi connectivity index (χ1) is 23.6. The summed E-state index contributed by atoms with van der Waals surface area (Å²) in [5.41, 5.74) is 19.1. The molecule has 5 heterocycles. The molecule has 50 heavy (non-hydrogen) atoms. The highest BCUT2D eigenvalue weighted by Gasteiger charge is 2.44. The predicted molar refractivity (Wildman–Crippen MR) is 228 cm³/mol. The number of nitrogens with one attached hydrogen (secondary N) is 4. The number of rotatable bonds is 0. The van der Waals surface area contributed by atoms with Crippen LogP contribution < -0.4 is 31.8 Å². The van der Waals surface area contributed by atoms with E-state index in [9.17, 15) is 0 Å². The molecule has 12 nitrogen and oxygen atoms in total. The molecule has 2 unspecified atom stereocenters. The van der Waals surface area contributed by atoms with Gasteiger partial charge in [0.2, 0.25) is 0 Å². The van der Waals surface area contributed by atoms with Crippen LogP contribution in [0.1, 0.15) is 11.1 Å². The Morgan fingerprint density at radius 3 is 1.18 bits per heavy atom. The van der Waals surface area contributed by atoms with Crippen LogP contribution in [0.25, 0.3) is 0 Å². The fourth-order valence-electron chi connectivity index (χ4n) is 5.50. The van der Waals surface area contributed by atoms with Crippen LogP contribution in [0.4, 0.5) is 34.1 Å². The number of benzene rings is 4. The number of halogens is 6. The molecule has 0 amide bonds. The van der Waals surface area contributed by atoms with E-state index in [2.05, 4.69) is 94.6 Å². The van der Waals surface area contributed by atoms with Gasteiger partial charge < -0.3 is 31.8 Å². The van der Waals surface area contributed by atoms with Crippen LogP contribution >= 0.6 is 107 Å².